The van der Waals surface area contributed by atoms with Gasteiger partial charge in [-0.1, -0.05) is 12.8 Å². The summed E-state index contributed by atoms with van der Waals surface area (Å²) in [6.45, 7) is 7.82. The summed E-state index contributed by atoms with van der Waals surface area (Å²) in [4.78, 5) is 17.8. The topological polar surface area (TPSA) is 50.6 Å². The molecule has 6 heteroatoms. The minimum Gasteiger partial charge on any atom is -0.381 e. The van der Waals surface area contributed by atoms with Crippen molar-refractivity contribution in [3.05, 3.63) is 17.5 Å². The van der Waals surface area contributed by atoms with Crippen molar-refractivity contribution < 1.29 is 9.53 Å². The van der Waals surface area contributed by atoms with E-state index in [-0.39, 0.29) is 11.9 Å². The van der Waals surface area contributed by atoms with Crippen LogP contribution in [-0.2, 0) is 11.8 Å². The number of amides is 1. The molecule has 2 aliphatic heterocycles. The lowest BCUT2D eigenvalue weighted by Crippen LogP contribution is -2.45. The molecule has 2 fully saturated rings. The lowest BCUT2D eigenvalue weighted by atomic mass is 10.1. The van der Waals surface area contributed by atoms with E-state index in [1.54, 1.807) is 4.68 Å². The van der Waals surface area contributed by atoms with Crippen molar-refractivity contribution in [2.45, 2.75) is 57.9 Å². The van der Waals surface area contributed by atoms with E-state index < -0.39 is 0 Å². The van der Waals surface area contributed by atoms with Crippen LogP contribution in [0.3, 0.4) is 0 Å². The van der Waals surface area contributed by atoms with Crippen LogP contribution in [0.5, 0.6) is 0 Å². The Morgan fingerprint density at radius 2 is 1.92 bits per heavy atom. The van der Waals surface area contributed by atoms with Gasteiger partial charge < -0.3 is 14.5 Å². The molecule has 0 saturated carbocycles. The molecule has 2 saturated heterocycles. The standard InChI is InChI=1S/C20H34N4O2/c1-17-16-19(21-22(17)2)20(25)24(18-8-14-26-15-9-18)13-7-12-23-10-5-3-4-6-11-23/h16,18H,3-15H2,1-2H3. The van der Waals surface area contributed by atoms with Crippen molar-refractivity contribution in [2.75, 3.05) is 39.4 Å². The maximum Gasteiger partial charge on any atom is 0.274 e. The lowest BCUT2D eigenvalue weighted by molar-refractivity contribution is 0.0276. The Bertz CT molecular complexity index is 553. The van der Waals surface area contributed by atoms with Crippen LogP contribution in [0.4, 0.5) is 0 Å². The van der Waals surface area contributed by atoms with E-state index in [4.69, 9.17) is 4.74 Å². The van der Waals surface area contributed by atoms with Gasteiger partial charge in [-0.15, -0.1) is 0 Å². The Labute approximate surface area is 157 Å². The highest BCUT2D eigenvalue weighted by Gasteiger charge is 2.28. The van der Waals surface area contributed by atoms with Gasteiger partial charge >= 0.3 is 0 Å². The summed E-state index contributed by atoms with van der Waals surface area (Å²) in [6, 6.07) is 2.19. The van der Waals surface area contributed by atoms with Crippen molar-refractivity contribution >= 4 is 5.91 Å². The lowest BCUT2D eigenvalue weighted by Gasteiger charge is -2.34. The number of nitrogens with zero attached hydrogens (tertiary/aromatic N) is 4. The third-order valence-electron chi connectivity index (χ3n) is 5.80. The van der Waals surface area contributed by atoms with Crippen LogP contribution in [0, 0.1) is 6.92 Å². The molecule has 146 valence electrons. The molecular weight excluding hydrogens is 328 g/mol. The molecule has 26 heavy (non-hydrogen) atoms. The molecule has 2 aliphatic rings. The summed E-state index contributed by atoms with van der Waals surface area (Å²) >= 11 is 0. The van der Waals surface area contributed by atoms with E-state index in [1.165, 1.54) is 38.8 Å². The molecular formula is C20H34N4O2. The highest BCUT2D eigenvalue weighted by Crippen LogP contribution is 2.19. The van der Waals surface area contributed by atoms with E-state index in [1.807, 2.05) is 20.0 Å². The first-order valence-electron chi connectivity index (χ1n) is 10.3. The number of carbonyl (C=O) groups excluding carboxylic acids is 1. The van der Waals surface area contributed by atoms with Crippen LogP contribution in [-0.4, -0.2) is 70.9 Å². The summed E-state index contributed by atoms with van der Waals surface area (Å²) in [7, 11) is 1.89. The van der Waals surface area contributed by atoms with Crippen LogP contribution in [0.2, 0.25) is 0 Å². The van der Waals surface area contributed by atoms with Crippen LogP contribution >= 0.6 is 0 Å². The first kappa shape index (κ1) is 19.4. The molecule has 1 aromatic heterocycles. The van der Waals surface area contributed by atoms with Gasteiger partial charge in [-0.2, -0.15) is 5.10 Å². The smallest absolute Gasteiger partial charge is 0.274 e. The van der Waals surface area contributed by atoms with E-state index in [9.17, 15) is 4.79 Å². The van der Waals surface area contributed by atoms with Crippen LogP contribution in [0.15, 0.2) is 6.07 Å². The summed E-state index contributed by atoms with van der Waals surface area (Å²) < 4.78 is 7.29. The molecule has 0 N–H and O–H groups in total. The molecule has 0 atom stereocenters. The van der Waals surface area contributed by atoms with Gasteiger partial charge in [0.25, 0.3) is 5.91 Å². The van der Waals surface area contributed by atoms with Crippen molar-refractivity contribution in [3.8, 4) is 0 Å². The Morgan fingerprint density at radius 3 is 2.54 bits per heavy atom. The molecule has 1 amide bonds. The highest BCUT2D eigenvalue weighted by atomic mass is 16.5. The largest absolute Gasteiger partial charge is 0.381 e. The molecule has 0 bridgehead atoms. The zero-order chi connectivity index (χ0) is 18.4. The van der Waals surface area contributed by atoms with Crippen molar-refractivity contribution in [3.63, 3.8) is 0 Å². The normalized spacial score (nSPS) is 20.1. The van der Waals surface area contributed by atoms with Crippen molar-refractivity contribution in [2.24, 2.45) is 7.05 Å². The quantitative estimate of drug-likeness (QED) is 0.781. The van der Waals surface area contributed by atoms with Gasteiger partial charge in [0, 0.05) is 38.5 Å². The summed E-state index contributed by atoms with van der Waals surface area (Å²) in [5, 5.41) is 4.42. The van der Waals surface area contributed by atoms with Gasteiger partial charge in [0.2, 0.25) is 0 Å². The number of aryl methyl sites for hydroxylation is 2. The molecule has 0 aromatic carbocycles. The van der Waals surface area contributed by atoms with Gasteiger partial charge in [0.15, 0.2) is 5.69 Å². The van der Waals surface area contributed by atoms with Crippen LogP contribution in [0.25, 0.3) is 0 Å². The zero-order valence-corrected chi connectivity index (χ0v) is 16.5. The van der Waals surface area contributed by atoms with Crippen LogP contribution in [0.1, 0.15) is 61.1 Å². The summed E-state index contributed by atoms with van der Waals surface area (Å²) in [5.41, 5.74) is 1.59. The van der Waals surface area contributed by atoms with Gasteiger partial charge in [-0.05, 0) is 64.7 Å². The first-order valence-corrected chi connectivity index (χ1v) is 10.3. The van der Waals surface area contributed by atoms with E-state index in [0.717, 1.165) is 51.3 Å². The molecule has 3 rings (SSSR count). The maximum absolute atomic E-state index is 13.1. The predicted octanol–water partition coefficient (Wildman–Crippen LogP) is 2.62. The molecule has 0 radical (unpaired) electrons. The third kappa shape index (κ3) is 5.07. The number of aromatic nitrogens is 2. The van der Waals surface area contributed by atoms with Gasteiger partial charge in [-0.25, -0.2) is 0 Å². The Hall–Kier alpha value is -1.40. The molecule has 0 unspecified atom stereocenters. The summed E-state index contributed by atoms with van der Waals surface area (Å²) in [5.74, 6) is 0.0801. The second-order valence-corrected chi connectivity index (χ2v) is 7.75. The summed E-state index contributed by atoms with van der Waals surface area (Å²) in [6.07, 6.45) is 8.26. The fraction of sp³-hybridized carbons (Fsp3) is 0.800. The van der Waals surface area contributed by atoms with Crippen LogP contribution < -0.4 is 0 Å². The monoisotopic (exact) mass is 362 g/mol. The highest BCUT2D eigenvalue weighted by molar-refractivity contribution is 5.92. The van der Waals surface area contributed by atoms with Gasteiger partial charge in [0.05, 0.1) is 0 Å². The minimum absolute atomic E-state index is 0.0801. The second-order valence-electron chi connectivity index (χ2n) is 7.75. The fourth-order valence-electron chi connectivity index (χ4n) is 4.08. The Kier molecular flexibility index (Phi) is 7.08. The zero-order valence-electron chi connectivity index (χ0n) is 16.5. The van der Waals surface area contributed by atoms with Gasteiger partial charge in [0.1, 0.15) is 0 Å². The Morgan fingerprint density at radius 1 is 1.23 bits per heavy atom. The first-order chi connectivity index (χ1) is 12.6. The minimum atomic E-state index is 0.0801. The van der Waals surface area contributed by atoms with Crippen molar-refractivity contribution in [1.82, 2.24) is 19.6 Å². The number of rotatable bonds is 6. The molecule has 1 aromatic rings. The second kappa shape index (κ2) is 9.51. The maximum atomic E-state index is 13.1. The SMILES string of the molecule is Cc1cc(C(=O)N(CCCN2CCCCCC2)C2CCOCC2)nn1C. The predicted molar refractivity (Wildman–Crippen MR) is 102 cm³/mol. The fourth-order valence-corrected chi connectivity index (χ4v) is 4.08. The molecule has 0 aliphatic carbocycles. The Balaban J connectivity index is 1.61. The third-order valence-corrected chi connectivity index (χ3v) is 5.80. The molecule has 0 spiro atoms. The molecule has 3 heterocycles. The van der Waals surface area contributed by atoms with E-state index >= 15 is 0 Å². The number of hydrogen-bond acceptors (Lipinski definition) is 4. The molecule has 6 nitrogen and oxygen atoms in total. The average Bonchev–Trinajstić information content (AvgIpc) is 2.85. The number of likely N-dealkylation sites (tertiary alicyclic amines) is 1. The van der Waals surface area contributed by atoms with E-state index in [2.05, 4.69) is 14.9 Å². The van der Waals surface area contributed by atoms with Gasteiger partial charge in [-0.3, -0.25) is 9.48 Å². The van der Waals surface area contributed by atoms with Crippen molar-refractivity contribution in [1.29, 1.82) is 0 Å². The number of carbonyl (C=O) groups is 1. The number of ether oxygens (including phenoxy) is 1. The average molecular weight is 363 g/mol. The number of hydrogen-bond donors (Lipinski definition) is 0. The van der Waals surface area contributed by atoms with E-state index in [0.29, 0.717) is 5.69 Å².